The summed E-state index contributed by atoms with van der Waals surface area (Å²) in [7, 11) is 0. The fourth-order valence-corrected chi connectivity index (χ4v) is 3.54. The van der Waals surface area contributed by atoms with Crippen molar-refractivity contribution < 1.29 is 4.79 Å². The molecule has 0 aromatic heterocycles. The molecule has 0 atom stereocenters. The molecule has 0 saturated heterocycles. The Morgan fingerprint density at radius 1 is 1.00 bits per heavy atom. The molecule has 0 fully saturated rings. The largest absolute Gasteiger partial charge is 0.321 e. The molecule has 2 nitrogen and oxygen atoms in total. The first-order valence-corrected chi connectivity index (χ1v) is 7.46. The van der Waals surface area contributed by atoms with Crippen LogP contribution >= 0.6 is 15.9 Å². The number of fused-ring (bicyclic) bond motifs is 2. The quantitative estimate of drug-likeness (QED) is 0.720. The predicted molar refractivity (Wildman–Crippen MR) is 84.3 cm³/mol. The van der Waals surface area contributed by atoms with E-state index in [-0.39, 0.29) is 5.91 Å². The third-order valence-corrected chi connectivity index (χ3v) is 4.50. The highest BCUT2D eigenvalue weighted by Gasteiger charge is 2.30. The monoisotopic (exact) mass is 325 g/mol. The molecule has 0 radical (unpaired) electrons. The zero-order chi connectivity index (χ0) is 13.7. The van der Waals surface area contributed by atoms with Crippen LogP contribution in [0.25, 0.3) is 11.1 Å². The van der Waals surface area contributed by atoms with E-state index in [0.717, 1.165) is 34.1 Å². The second kappa shape index (κ2) is 4.32. The second-order valence-electron chi connectivity index (χ2n) is 5.15. The van der Waals surface area contributed by atoms with Crippen molar-refractivity contribution in [2.75, 3.05) is 5.32 Å². The summed E-state index contributed by atoms with van der Waals surface area (Å²) in [6, 6.07) is 14.2. The van der Waals surface area contributed by atoms with Gasteiger partial charge in [-0.1, -0.05) is 40.2 Å². The summed E-state index contributed by atoms with van der Waals surface area (Å²) in [6.45, 7) is 0. The van der Waals surface area contributed by atoms with Crippen LogP contribution in [0.15, 0.2) is 46.9 Å². The van der Waals surface area contributed by atoms with Crippen LogP contribution in [0.1, 0.15) is 23.1 Å². The highest BCUT2D eigenvalue weighted by atomic mass is 79.9. The smallest absolute Gasteiger partial charge is 0.256 e. The number of carbonyl (C=O) groups excluding carboxylic acids is 1. The van der Waals surface area contributed by atoms with E-state index in [9.17, 15) is 4.79 Å². The van der Waals surface area contributed by atoms with Crippen molar-refractivity contribution in [3.05, 3.63) is 63.6 Å². The summed E-state index contributed by atoms with van der Waals surface area (Å²) < 4.78 is 1.10. The molecule has 1 aliphatic carbocycles. The molecule has 2 aromatic carbocycles. The van der Waals surface area contributed by atoms with Crippen molar-refractivity contribution in [2.24, 2.45) is 0 Å². The average Bonchev–Trinajstić information content (AvgIpc) is 2.97. The maximum absolute atomic E-state index is 12.3. The molecule has 98 valence electrons. The van der Waals surface area contributed by atoms with Crippen LogP contribution in [0.5, 0.6) is 0 Å². The molecule has 0 unspecified atom stereocenters. The highest BCUT2D eigenvalue weighted by molar-refractivity contribution is 9.10. The van der Waals surface area contributed by atoms with Gasteiger partial charge in [0.1, 0.15) is 0 Å². The summed E-state index contributed by atoms with van der Waals surface area (Å²) in [5, 5.41) is 2.96. The molecule has 0 bridgehead atoms. The molecule has 1 amide bonds. The second-order valence-corrected chi connectivity index (χ2v) is 6.07. The fourth-order valence-electron chi connectivity index (χ4n) is 3.13. The van der Waals surface area contributed by atoms with Gasteiger partial charge in [-0.3, -0.25) is 4.79 Å². The fraction of sp³-hybridized carbons (Fsp3) is 0.118. The minimum atomic E-state index is 0.0250. The standard InChI is InChI=1S/C17H12BrNO/c18-11-6-8-12-10(9-11)5-7-13(12)16-14-3-1-2-4-15(14)19-17(16)20/h1-4,6,8-9H,5,7H2,(H,19,20)/b16-13+. The number of amides is 1. The number of halogens is 1. The van der Waals surface area contributed by atoms with Gasteiger partial charge in [0.2, 0.25) is 0 Å². The van der Waals surface area contributed by atoms with Crippen LogP contribution in [0.2, 0.25) is 0 Å². The first-order valence-electron chi connectivity index (χ1n) is 6.67. The maximum Gasteiger partial charge on any atom is 0.256 e. The number of aryl methyl sites for hydroxylation is 1. The van der Waals surface area contributed by atoms with Crippen molar-refractivity contribution >= 4 is 38.7 Å². The van der Waals surface area contributed by atoms with E-state index in [2.05, 4.69) is 33.4 Å². The van der Waals surface area contributed by atoms with E-state index in [4.69, 9.17) is 0 Å². The van der Waals surface area contributed by atoms with E-state index < -0.39 is 0 Å². The van der Waals surface area contributed by atoms with Crippen molar-refractivity contribution in [1.29, 1.82) is 0 Å². The SMILES string of the molecule is O=C1Nc2ccccc2/C1=C1/CCc2cc(Br)ccc21. The average molecular weight is 326 g/mol. The maximum atomic E-state index is 12.3. The van der Waals surface area contributed by atoms with Crippen LogP contribution in [-0.4, -0.2) is 5.91 Å². The zero-order valence-corrected chi connectivity index (χ0v) is 12.3. The van der Waals surface area contributed by atoms with Gasteiger partial charge in [0.15, 0.2) is 0 Å². The summed E-state index contributed by atoms with van der Waals surface area (Å²) in [5.74, 6) is 0.0250. The van der Waals surface area contributed by atoms with E-state index in [0.29, 0.717) is 0 Å². The highest BCUT2D eigenvalue weighted by Crippen LogP contribution is 2.43. The first-order chi connectivity index (χ1) is 9.74. The minimum absolute atomic E-state index is 0.0250. The lowest BCUT2D eigenvalue weighted by atomic mass is 9.97. The van der Waals surface area contributed by atoms with Gasteiger partial charge in [-0.05, 0) is 47.7 Å². The Morgan fingerprint density at radius 3 is 2.75 bits per heavy atom. The lowest BCUT2D eigenvalue weighted by Gasteiger charge is -2.06. The van der Waals surface area contributed by atoms with E-state index >= 15 is 0 Å². The Kier molecular flexibility index (Phi) is 2.57. The van der Waals surface area contributed by atoms with Gasteiger partial charge in [-0.15, -0.1) is 0 Å². The minimum Gasteiger partial charge on any atom is -0.321 e. The van der Waals surface area contributed by atoms with E-state index in [1.165, 1.54) is 16.7 Å². The third-order valence-electron chi connectivity index (χ3n) is 4.01. The zero-order valence-electron chi connectivity index (χ0n) is 10.7. The molecule has 1 aliphatic heterocycles. The Balaban J connectivity index is 1.96. The molecular weight excluding hydrogens is 314 g/mol. The van der Waals surface area contributed by atoms with Gasteiger partial charge in [-0.2, -0.15) is 0 Å². The van der Waals surface area contributed by atoms with Crippen LogP contribution in [-0.2, 0) is 11.2 Å². The summed E-state index contributed by atoms with van der Waals surface area (Å²) in [5.41, 5.74) is 6.51. The molecule has 0 spiro atoms. The van der Waals surface area contributed by atoms with Gasteiger partial charge >= 0.3 is 0 Å². The topological polar surface area (TPSA) is 29.1 Å². The summed E-state index contributed by atoms with van der Waals surface area (Å²) in [4.78, 5) is 12.3. The number of rotatable bonds is 0. The number of hydrogen-bond donors (Lipinski definition) is 1. The van der Waals surface area contributed by atoms with Gasteiger partial charge in [0.05, 0.1) is 5.57 Å². The predicted octanol–water partition coefficient (Wildman–Crippen LogP) is 4.26. The van der Waals surface area contributed by atoms with Gasteiger partial charge in [-0.25, -0.2) is 0 Å². The summed E-state index contributed by atoms with van der Waals surface area (Å²) in [6.07, 6.45) is 1.94. The molecular formula is C17H12BrNO. The third kappa shape index (κ3) is 1.66. The normalized spacial score (nSPS) is 19.8. The molecule has 2 aromatic rings. The van der Waals surface area contributed by atoms with Crippen molar-refractivity contribution in [1.82, 2.24) is 0 Å². The van der Waals surface area contributed by atoms with Gasteiger partial charge < -0.3 is 5.32 Å². The number of nitrogens with one attached hydrogen (secondary N) is 1. The van der Waals surface area contributed by atoms with Crippen LogP contribution < -0.4 is 5.32 Å². The van der Waals surface area contributed by atoms with Crippen LogP contribution in [0.4, 0.5) is 5.69 Å². The van der Waals surface area contributed by atoms with Crippen LogP contribution in [0, 0.1) is 0 Å². The number of hydrogen-bond acceptors (Lipinski definition) is 1. The lowest BCUT2D eigenvalue weighted by Crippen LogP contribution is -2.05. The number of allylic oxidation sites excluding steroid dienone is 1. The lowest BCUT2D eigenvalue weighted by molar-refractivity contribution is -0.110. The van der Waals surface area contributed by atoms with E-state index in [1.54, 1.807) is 0 Å². The van der Waals surface area contributed by atoms with Crippen molar-refractivity contribution in [2.45, 2.75) is 12.8 Å². The van der Waals surface area contributed by atoms with Crippen molar-refractivity contribution in [3.63, 3.8) is 0 Å². The molecule has 0 saturated carbocycles. The molecule has 4 rings (SSSR count). The number of carbonyl (C=O) groups is 1. The van der Waals surface area contributed by atoms with Crippen molar-refractivity contribution in [3.8, 4) is 0 Å². The molecule has 1 heterocycles. The molecule has 2 aliphatic rings. The summed E-state index contributed by atoms with van der Waals surface area (Å²) >= 11 is 3.51. The molecule has 1 N–H and O–H groups in total. The number of benzene rings is 2. The Hall–Kier alpha value is -1.87. The molecule has 20 heavy (non-hydrogen) atoms. The Morgan fingerprint density at radius 2 is 1.85 bits per heavy atom. The van der Waals surface area contributed by atoms with Gasteiger partial charge in [0, 0.05) is 15.7 Å². The van der Waals surface area contributed by atoms with E-state index in [1.807, 2.05) is 30.3 Å². The molecule has 3 heteroatoms. The number of anilines is 1. The Labute approximate surface area is 125 Å². The number of para-hydroxylation sites is 1. The Bertz CT molecular complexity index is 776. The first kappa shape index (κ1) is 11.9. The van der Waals surface area contributed by atoms with Crippen LogP contribution in [0.3, 0.4) is 0 Å². The van der Waals surface area contributed by atoms with Gasteiger partial charge in [0.25, 0.3) is 5.91 Å².